The largest absolute Gasteiger partial charge is 0.381 e. The quantitative estimate of drug-likeness (QED) is 0.772. The molecule has 2 aliphatic rings. The average Bonchev–Trinajstić information content (AvgIpc) is 2.67. The van der Waals surface area contributed by atoms with Crippen LogP contribution in [0.25, 0.3) is 0 Å². The molecule has 0 unspecified atom stereocenters. The minimum absolute atomic E-state index is 0.244. The normalized spacial score (nSPS) is 18.3. The highest BCUT2D eigenvalue weighted by molar-refractivity contribution is 5.79. The molecule has 0 saturated carbocycles. The van der Waals surface area contributed by atoms with Gasteiger partial charge in [-0.05, 0) is 30.9 Å². The fraction of sp³-hybridized carbons (Fsp3) is 0.458. The lowest BCUT2D eigenvalue weighted by molar-refractivity contribution is -0.139. The number of aryl methyl sites for hydroxylation is 1. The molecule has 0 atom stereocenters. The number of rotatable bonds is 6. The standard InChI is InChI=1S/C24H30N2O2/c1-19-6-5-9-21(14-19)15-24(27)25-17-23(18-25)26(22-10-12-28-13-11-22)16-20-7-3-2-4-8-20/h2-9,14,22-23H,10-13,15-18H2,1H3. The molecule has 0 aliphatic carbocycles. The highest BCUT2D eigenvalue weighted by Crippen LogP contribution is 2.26. The van der Waals surface area contributed by atoms with Crippen LogP contribution in [0.3, 0.4) is 0 Å². The summed E-state index contributed by atoms with van der Waals surface area (Å²) < 4.78 is 5.58. The first-order chi connectivity index (χ1) is 13.7. The van der Waals surface area contributed by atoms with E-state index >= 15 is 0 Å². The Labute approximate surface area is 168 Å². The second kappa shape index (κ2) is 8.89. The van der Waals surface area contributed by atoms with Gasteiger partial charge in [0.05, 0.1) is 6.42 Å². The lowest BCUT2D eigenvalue weighted by Crippen LogP contribution is -2.63. The first-order valence-corrected chi connectivity index (χ1v) is 10.4. The van der Waals surface area contributed by atoms with E-state index in [1.165, 1.54) is 11.1 Å². The highest BCUT2D eigenvalue weighted by Gasteiger charge is 2.38. The van der Waals surface area contributed by atoms with Crippen LogP contribution in [0, 0.1) is 6.92 Å². The van der Waals surface area contributed by atoms with Crippen LogP contribution in [0.2, 0.25) is 0 Å². The van der Waals surface area contributed by atoms with E-state index in [0.29, 0.717) is 18.5 Å². The molecule has 2 heterocycles. The van der Waals surface area contributed by atoms with Gasteiger partial charge in [0.1, 0.15) is 0 Å². The van der Waals surface area contributed by atoms with Gasteiger partial charge in [-0.2, -0.15) is 0 Å². The summed E-state index contributed by atoms with van der Waals surface area (Å²) in [5, 5.41) is 0. The number of benzene rings is 2. The van der Waals surface area contributed by atoms with Crippen molar-refractivity contribution in [3.63, 3.8) is 0 Å². The summed E-state index contributed by atoms with van der Waals surface area (Å²) in [4.78, 5) is 17.3. The molecular formula is C24H30N2O2. The molecule has 0 aromatic heterocycles. The van der Waals surface area contributed by atoms with Crippen LogP contribution in [0.5, 0.6) is 0 Å². The highest BCUT2D eigenvalue weighted by atomic mass is 16.5. The third-order valence-electron chi connectivity index (χ3n) is 5.99. The van der Waals surface area contributed by atoms with Crippen molar-refractivity contribution < 1.29 is 9.53 Å². The average molecular weight is 379 g/mol. The number of ether oxygens (including phenoxy) is 1. The Morgan fingerprint density at radius 3 is 2.43 bits per heavy atom. The molecule has 4 heteroatoms. The fourth-order valence-electron chi connectivity index (χ4n) is 4.34. The molecule has 2 aliphatic heterocycles. The number of carbonyl (C=O) groups is 1. The molecule has 4 rings (SSSR count). The van der Waals surface area contributed by atoms with E-state index in [0.717, 1.165) is 51.3 Å². The number of amides is 1. The van der Waals surface area contributed by atoms with Crippen molar-refractivity contribution >= 4 is 5.91 Å². The maximum absolute atomic E-state index is 12.7. The van der Waals surface area contributed by atoms with Crippen LogP contribution >= 0.6 is 0 Å². The first kappa shape index (κ1) is 19.2. The topological polar surface area (TPSA) is 32.8 Å². The molecule has 28 heavy (non-hydrogen) atoms. The molecular weight excluding hydrogens is 348 g/mol. The van der Waals surface area contributed by atoms with Crippen molar-refractivity contribution in [3.8, 4) is 0 Å². The molecule has 0 radical (unpaired) electrons. The summed E-state index contributed by atoms with van der Waals surface area (Å²) >= 11 is 0. The Morgan fingerprint density at radius 2 is 1.71 bits per heavy atom. The number of likely N-dealkylation sites (tertiary alicyclic amines) is 1. The molecule has 2 fully saturated rings. The fourth-order valence-corrected chi connectivity index (χ4v) is 4.34. The van der Waals surface area contributed by atoms with Gasteiger partial charge >= 0.3 is 0 Å². The third-order valence-corrected chi connectivity index (χ3v) is 5.99. The van der Waals surface area contributed by atoms with Gasteiger partial charge in [0.15, 0.2) is 0 Å². The second-order valence-corrected chi connectivity index (χ2v) is 8.12. The van der Waals surface area contributed by atoms with E-state index < -0.39 is 0 Å². The van der Waals surface area contributed by atoms with Crippen LogP contribution in [0.4, 0.5) is 0 Å². The summed E-state index contributed by atoms with van der Waals surface area (Å²) in [5.41, 5.74) is 3.66. The Morgan fingerprint density at radius 1 is 1.00 bits per heavy atom. The minimum Gasteiger partial charge on any atom is -0.381 e. The Hall–Kier alpha value is -2.17. The van der Waals surface area contributed by atoms with E-state index in [1.54, 1.807) is 0 Å². The predicted molar refractivity (Wildman–Crippen MR) is 111 cm³/mol. The molecule has 1 amide bonds. The predicted octanol–water partition coefficient (Wildman–Crippen LogP) is 3.43. The number of hydrogen-bond donors (Lipinski definition) is 0. The van der Waals surface area contributed by atoms with Gasteiger partial charge in [-0.25, -0.2) is 0 Å². The van der Waals surface area contributed by atoms with Crippen molar-refractivity contribution in [2.45, 2.75) is 44.8 Å². The summed E-state index contributed by atoms with van der Waals surface area (Å²) in [6, 6.07) is 19.9. The molecule has 2 aromatic rings. The van der Waals surface area contributed by atoms with Crippen LogP contribution in [-0.2, 0) is 22.5 Å². The van der Waals surface area contributed by atoms with Gasteiger partial charge in [-0.3, -0.25) is 9.69 Å². The zero-order valence-electron chi connectivity index (χ0n) is 16.7. The maximum Gasteiger partial charge on any atom is 0.227 e. The third kappa shape index (κ3) is 4.62. The monoisotopic (exact) mass is 378 g/mol. The first-order valence-electron chi connectivity index (χ1n) is 10.4. The summed E-state index contributed by atoms with van der Waals surface area (Å²) in [5.74, 6) is 0.244. The maximum atomic E-state index is 12.7. The van der Waals surface area contributed by atoms with Crippen molar-refractivity contribution in [2.75, 3.05) is 26.3 Å². The van der Waals surface area contributed by atoms with E-state index in [-0.39, 0.29) is 5.91 Å². The van der Waals surface area contributed by atoms with E-state index in [4.69, 9.17) is 4.74 Å². The summed E-state index contributed by atoms with van der Waals surface area (Å²) in [6.45, 7) is 6.40. The number of hydrogen-bond acceptors (Lipinski definition) is 3. The zero-order valence-corrected chi connectivity index (χ0v) is 16.7. The van der Waals surface area contributed by atoms with Crippen LogP contribution in [0.1, 0.15) is 29.5 Å². The lowest BCUT2D eigenvalue weighted by Gasteiger charge is -2.49. The Bertz CT molecular complexity index is 780. The van der Waals surface area contributed by atoms with Crippen molar-refractivity contribution in [1.29, 1.82) is 0 Å². The van der Waals surface area contributed by atoms with Gasteiger partial charge in [-0.15, -0.1) is 0 Å². The SMILES string of the molecule is Cc1cccc(CC(=O)N2CC(N(Cc3ccccc3)C3CCOCC3)C2)c1. The Kier molecular flexibility index (Phi) is 6.08. The molecule has 148 valence electrons. The zero-order chi connectivity index (χ0) is 19.3. The van der Waals surface area contributed by atoms with Crippen molar-refractivity contribution in [2.24, 2.45) is 0 Å². The van der Waals surface area contributed by atoms with E-state index in [2.05, 4.69) is 54.3 Å². The van der Waals surface area contributed by atoms with Crippen LogP contribution < -0.4 is 0 Å². The summed E-state index contributed by atoms with van der Waals surface area (Å²) in [6.07, 6.45) is 2.67. The molecule has 0 spiro atoms. The summed E-state index contributed by atoms with van der Waals surface area (Å²) in [7, 11) is 0. The van der Waals surface area contributed by atoms with Gasteiger partial charge in [0.2, 0.25) is 5.91 Å². The van der Waals surface area contributed by atoms with Gasteiger partial charge in [0, 0.05) is 44.9 Å². The minimum atomic E-state index is 0.244. The Balaban J connectivity index is 1.37. The smallest absolute Gasteiger partial charge is 0.227 e. The van der Waals surface area contributed by atoms with Gasteiger partial charge in [-0.1, -0.05) is 60.2 Å². The van der Waals surface area contributed by atoms with E-state index in [1.807, 2.05) is 17.0 Å². The van der Waals surface area contributed by atoms with E-state index in [9.17, 15) is 4.79 Å². The van der Waals surface area contributed by atoms with Crippen molar-refractivity contribution in [3.05, 3.63) is 71.3 Å². The molecule has 0 bridgehead atoms. The van der Waals surface area contributed by atoms with Crippen molar-refractivity contribution in [1.82, 2.24) is 9.80 Å². The number of carbonyl (C=O) groups excluding carboxylic acids is 1. The van der Waals surface area contributed by atoms with Crippen LogP contribution in [0.15, 0.2) is 54.6 Å². The van der Waals surface area contributed by atoms with Gasteiger partial charge < -0.3 is 9.64 Å². The molecule has 0 N–H and O–H groups in total. The number of nitrogens with zero attached hydrogens (tertiary/aromatic N) is 2. The van der Waals surface area contributed by atoms with Gasteiger partial charge in [0.25, 0.3) is 0 Å². The molecule has 2 aromatic carbocycles. The second-order valence-electron chi connectivity index (χ2n) is 8.12. The lowest BCUT2D eigenvalue weighted by atomic mass is 9.98. The van der Waals surface area contributed by atoms with Crippen LogP contribution in [-0.4, -0.2) is 54.1 Å². The molecule has 2 saturated heterocycles. The molecule has 4 nitrogen and oxygen atoms in total.